The number of aryl methyl sites for hydroxylation is 1. The molecule has 0 aliphatic rings. The van der Waals surface area contributed by atoms with Crippen LogP contribution in [0.15, 0.2) is 17.0 Å². The van der Waals surface area contributed by atoms with E-state index in [0.717, 1.165) is 11.1 Å². The van der Waals surface area contributed by atoms with E-state index in [1.165, 1.54) is 20.1 Å². The Kier molecular flexibility index (Phi) is 4.70. The first-order valence-electron chi connectivity index (χ1n) is 5.78. The summed E-state index contributed by atoms with van der Waals surface area (Å²) in [6.45, 7) is 6.78. The summed E-state index contributed by atoms with van der Waals surface area (Å²) in [6.07, 6.45) is -1.17. The van der Waals surface area contributed by atoms with Gasteiger partial charge >= 0.3 is 5.97 Å². The normalized spacial score (nSPS) is 13.1. The first-order chi connectivity index (χ1) is 8.70. The number of hydrogen-bond acceptors (Lipinski definition) is 5. The number of hydrogen-bond donors (Lipinski definition) is 0. The highest BCUT2D eigenvalue weighted by atomic mass is 32.2. The van der Waals surface area contributed by atoms with Crippen LogP contribution in [0.2, 0.25) is 0 Å². The Labute approximate surface area is 113 Å². The molecular weight excluding hydrogens is 268 g/mol. The molecule has 0 N–H and O–H groups in total. The predicted octanol–water partition coefficient (Wildman–Crippen LogP) is 1.88. The second-order valence-corrected chi connectivity index (χ2v) is 5.89. The van der Waals surface area contributed by atoms with Gasteiger partial charge in [0.1, 0.15) is 0 Å². The molecule has 0 aliphatic heterocycles. The van der Waals surface area contributed by atoms with Gasteiger partial charge in [0.25, 0.3) is 10.1 Å². The SMILES string of the molecule is COC(=O)C(C)OS(=O)(=O)c1ccc(C)c(C)c1C. The summed E-state index contributed by atoms with van der Waals surface area (Å²) in [5, 5.41) is 0. The molecule has 0 spiro atoms. The molecule has 1 aromatic carbocycles. The van der Waals surface area contributed by atoms with E-state index in [9.17, 15) is 13.2 Å². The summed E-state index contributed by atoms with van der Waals surface area (Å²) < 4.78 is 33.5. The van der Waals surface area contributed by atoms with Crippen molar-refractivity contribution in [2.45, 2.75) is 38.7 Å². The van der Waals surface area contributed by atoms with Gasteiger partial charge in [-0.25, -0.2) is 4.79 Å². The molecule has 0 fully saturated rings. The molecule has 1 rings (SSSR count). The van der Waals surface area contributed by atoms with Crippen molar-refractivity contribution in [2.75, 3.05) is 7.11 Å². The standard InChI is InChI=1S/C13H18O5S/c1-8-6-7-12(10(3)9(8)2)19(15,16)18-11(4)13(14)17-5/h6-7,11H,1-5H3. The molecule has 0 heterocycles. The van der Waals surface area contributed by atoms with Crippen molar-refractivity contribution in [1.29, 1.82) is 0 Å². The molecule has 0 aliphatic carbocycles. The van der Waals surface area contributed by atoms with Crippen molar-refractivity contribution in [1.82, 2.24) is 0 Å². The van der Waals surface area contributed by atoms with E-state index < -0.39 is 22.2 Å². The summed E-state index contributed by atoms with van der Waals surface area (Å²) in [5.41, 5.74) is 2.50. The Hall–Kier alpha value is -1.40. The highest BCUT2D eigenvalue weighted by Crippen LogP contribution is 2.23. The van der Waals surface area contributed by atoms with Crippen LogP contribution < -0.4 is 0 Å². The minimum Gasteiger partial charge on any atom is -0.467 e. The largest absolute Gasteiger partial charge is 0.467 e. The lowest BCUT2D eigenvalue weighted by atomic mass is 10.1. The fourth-order valence-electron chi connectivity index (χ4n) is 1.65. The Morgan fingerprint density at radius 1 is 1.16 bits per heavy atom. The van der Waals surface area contributed by atoms with Gasteiger partial charge in [0, 0.05) is 0 Å². The third kappa shape index (κ3) is 3.33. The van der Waals surface area contributed by atoms with Crippen LogP contribution in [-0.4, -0.2) is 27.6 Å². The maximum absolute atomic E-state index is 12.1. The van der Waals surface area contributed by atoms with Gasteiger partial charge in [-0.05, 0) is 50.5 Å². The lowest BCUT2D eigenvalue weighted by Gasteiger charge is -2.14. The summed E-state index contributed by atoms with van der Waals surface area (Å²) in [4.78, 5) is 11.3. The highest BCUT2D eigenvalue weighted by Gasteiger charge is 2.26. The predicted molar refractivity (Wildman–Crippen MR) is 70.4 cm³/mol. The molecular formula is C13H18O5S. The fourth-order valence-corrected chi connectivity index (χ4v) is 2.97. The van der Waals surface area contributed by atoms with Crippen molar-refractivity contribution in [3.05, 3.63) is 28.8 Å². The number of methoxy groups -OCH3 is 1. The second-order valence-electron chi connectivity index (χ2n) is 4.35. The minimum atomic E-state index is -3.99. The van der Waals surface area contributed by atoms with Crippen molar-refractivity contribution in [3.8, 4) is 0 Å². The zero-order valence-corrected chi connectivity index (χ0v) is 12.5. The lowest BCUT2D eigenvalue weighted by Crippen LogP contribution is -2.25. The molecule has 106 valence electrons. The first-order valence-corrected chi connectivity index (χ1v) is 7.19. The van der Waals surface area contributed by atoms with Gasteiger partial charge in [0.2, 0.25) is 0 Å². The maximum Gasteiger partial charge on any atom is 0.336 e. The Balaban J connectivity index is 3.15. The van der Waals surface area contributed by atoms with E-state index in [0.29, 0.717) is 5.56 Å². The lowest BCUT2D eigenvalue weighted by molar-refractivity contribution is -0.147. The van der Waals surface area contributed by atoms with E-state index >= 15 is 0 Å². The molecule has 1 aromatic rings. The van der Waals surface area contributed by atoms with Crippen molar-refractivity contribution in [2.24, 2.45) is 0 Å². The smallest absolute Gasteiger partial charge is 0.336 e. The number of benzene rings is 1. The molecule has 0 aromatic heterocycles. The van der Waals surface area contributed by atoms with Gasteiger partial charge in [-0.15, -0.1) is 0 Å². The van der Waals surface area contributed by atoms with E-state index in [4.69, 9.17) is 4.18 Å². The van der Waals surface area contributed by atoms with Gasteiger partial charge in [0.05, 0.1) is 12.0 Å². The van der Waals surface area contributed by atoms with E-state index in [-0.39, 0.29) is 4.90 Å². The third-order valence-electron chi connectivity index (χ3n) is 3.08. The quantitative estimate of drug-likeness (QED) is 0.624. The van der Waals surface area contributed by atoms with Gasteiger partial charge in [-0.1, -0.05) is 6.07 Å². The van der Waals surface area contributed by atoms with Crippen LogP contribution in [0.4, 0.5) is 0 Å². The molecule has 0 amide bonds. The summed E-state index contributed by atoms with van der Waals surface area (Å²) >= 11 is 0. The van der Waals surface area contributed by atoms with Crippen LogP contribution in [0.3, 0.4) is 0 Å². The molecule has 19 heavy (non-hydrogen) atoms. The van der Waals surface area contributed by atoms with Crippen LogP contribution >= 0.6 is 0 Å². The monoisotopic (exact) mass is 286 g/mol. The average molecular weight is 286 g/mol. The number of rotatable bonds is 4. The number of carbonyl (C=O) groups is 1. The van der Waals surface area contributed by atoms with E-state index in [1.807, 2.05) is 13.8 Å². The molecule has 0 bridgehead atoms. The minimum absolute atomic E-state index is 0.0753. The number of ether oxygens (including phenoxy) is 1. The van der Waals surface area contributed by atoms with Crippen molar-refractivity contribution < 1.29 is 22.1 Å². The van der Waals surface area contributed by atoms with E-state index in [1.54, 1.807) is 13.0 Å². The highest BCUT2D eigenvalue weighted by molar-refractivity contribution is 7.86. The zero-order chi connectivity index (χ0) is 14.8. The number of carbonyl (C=O) groups excluding carboxylic acids is 1. The Morgan fingerprint density at radius 2 is 1.74 bits per heavy atom. The van der Waals surface area contributed by atoms with Crippen LogP contribution in [0.1, 0.15) is 23.6 Å². The second kappa shape index (κ2) is 5.71. The Morgan fingerprint density at radius 3 is 2.26 bits per heavy atom. The molecule has 0 saturated heterocycles. The van der Waals surface area contributed by atoms with E-state index in [2.05, 4.69) is 4.74 Å². The van der Waals surface area contributed by atoms with Gasteiger partial charge < -0.3 is 4.74 Å². The van der Waals surface area contributed by atoms with Crippen LogP contribution in [0, 0.1) is 20.8 Å². The third-order valence-corrected chi connectivity index (χ3v) is 4.60. The van der Waals surface area contributed by atoms with Crippen LogP contribution in [0.5, 0.6) is 0 Å². The topological polar surface area (TPSA) is 69.7 Å². The van der Waals surface area contributed by atoms with Gasteiger partial charge in [-0.2, -0.15) is 8.42 Å². The molecule has 0 saturated carbocycles. The van der Waals surface area contributed by atoms with Gasteiger partial charge in [-0.3, -0.25) is 4.18 Å². The number of esters is 1. The average Bonchev–Trinajstić information content (AvgIpc) is 2.33. The zero-order valence-electron chi connectivity index (χ0n) is 11.7. The van der Waals surface area contributed by atoms with Crippen LogP contribution in [0.25, 0.3) is 0 Å². The Bertz CT molecular complexity index is 589. The maximum atomic E-state index is 12.1. The fraction of sp³-hybridized carbons (Fsp3) is 0.462. The first kappa shape index (κ1) is 15.7. The summed E-state index contributed by atoms with van der Waals surface area (Å²) in [5.74, 6) is -0.731. The van der Waals surface area contributed by atoms with Crippen molar-refractivity contribution >= 4 is 16.1 Å². The molecule has 1 atom stereocenters. The summed E-state index contributed by atoms with van der Waals surface area (Å²) in [7, 11) is -2.81. The summed E-state index contributed by atoms with van der Waals surface area (Å²) in [6, 6.07) is 3.19. The molecule has 0 radical (unpaired) electrons. The van der Waals surface area contributed by atoms with Crippen molar-refractivity contribution in [3.63, 3.8) is 0 Å². The van der Waals surface area contributed by atoms with Gasteiger partial charge in [0.15, 0.2) is 6.10 Å². The molecule has 1 unspecified atom stereocenters. The molecule has 6 heteroatoms. The molecule has 5 nitrogen and oxygen atoms in total. The van der Waals surface area contributed by atoms with Crippen LogP contribution in [-0.2, 0) is 23.8 Å².